The van der Waals surface area contributed by atoms with Gasteiger partial charge in [0.2, 0.25) is 0 Å². The summed E-state index contributed by atoms with van der Waals surface area (Å²) < 4.78 is 0. The maximum Gasteiger partial charge on any atom is 0.0221 e. The highest BCUT2D eigenvalue weighted by Gasteiger charge is 2.30. The van der Waals surface area contributed by atoms with Crippen LogP contribution in [0.25, 0.3) is 0 Å². The van der Waals surface area contributed by atoms with Gasteiger partial charge in [-0.05, 0) is 37.8 Å². The van der Waals surface area contributed by atoms with E-state index in [-0.39, 0.29) is 0 Å². The highest BCUT2D eigenvalue weighted by Crippen LogP contribution is 2.31. The molecule has 0 spiro atoms. The molecule has 0 aliphatic heterocycles. The van der Waals surface area contributed by atoms with E-state index < -0.39 is 0 Å². The molecule has 1 saturated carbocycles. The van der Waals surface area contributed by atoms with Gasteiger partial charge in [0, 0.05) is 5.54 Å². The van der Waals surface area contributed by atoms with E-state index >= 15 is 0 Å². The number of hydrogen-bond donors (Lipinski definition) is 1. The second kappa shape index (κ2) is 6.20. The Morgan fingerprint density at radius 1 is 1.06 bits per heavy atom. The van der Waals surface area contributed by atoms with Crippen molar-refractivity contribution in [3.63, 3.8) is 0 Å². The predicted molar refractivity (Wildman–Crippen MR) is 74.3 cm³/mol. The van der Waals surface area contributed by atoms with Crippen LogP contribution in [0.1, 0.15) is 51.0 Å². The molecule has 1 nitrogen and oxygen atoms in total. The lowest BCUT2D eigenvalue weighted by molar-refractivity contribution is 0.230. The molecule has 0 aromatic heterocycles. The van der Waals surface area contributed by atoms with E-state index in [0.717, 1.165) is 6.54 Å². The van der Waals surface area contributed by atoms with Crippen LogP contribution < -0.4 is 5.32 Å². The Hall–Kier alpha value is -0.820. The first-order chi connectivity index (χ1) is 8.35. The normalized spacial score (nSPS) is 19.1. The fourth-order valence-electron chi connectivity index (χ4n) is 3.02. The first-order valence-electron chi connectivity index (χ1n) is 7.14. The number of hydrogen-bond acceptors (Lipinski definition) is 1. The van der Waals surface area contributed by atoms with E-state index in [0.29, 0.717) is 5.54 Å². The van der Waals surface area contributed by atoms with Crippen molar-refractivity contribution >= 4 is 0 Å². The van der Waals surface area contributed by atoms with Gasteiger partial charge in [-0.1, -0.05) is 56.5 Å². The van der Waals surface area contributed by atoms with E-state index in [1.165, 1.54) is 50.5 Å². The Labute approximate surface area is 106 Å². The van der Waals surface area contributed by atoms with Crippen molar-refractivity contribution in [3.8, 4) is 0 Å². The monoisotopic (exact) mass is 231 g/mol. The topological polar surface area (TPSA) is 12.0 Å². The van der Waals surface area contributed by atoms with Crippen molar-refractivity contribution in [1.82, 2.24) is 5.32 Å². The first kappa shape index (κ1) is 12.6. The van der Waals surface area contributed by atoms with Crippen LogP contribution in [0.3, 0.4) is 0 Å². The molecule has 1 N–H and O–H groups in total. The van der Waals surface area contributed by atoms with Crippen LogP contribution in [-0.2, 0) is 6.42 Å². The summed E-state index contributed by atoms with van der Waals surface area (Å²) in [5.74, 6) is 0. The first-order valence-corrected chi connectivity index (χ1v) is 7.14. The summed E-state index contributed by atoms with van der Waals surface area (Å²) in [7, 11) is 0. The van der Waals surface area contributed by atoms with Crippen molar-refractivity contribution in [1.29, 1.82) is 0 Å². The molecule has 1 fully saturated rings. The van der Waals surface area contributed by atoms with E-state index in [2.05, 4.69) is 42.6 Å². The molecule has 0 amide bonds. The standard InChI is InChI=1S/C16H25N/c1-2-13-17-16(11-7-4-8-12-16)14-15-9-5-3-6-10-15/h3,5-6,9-10,17H,2,4,7-8,11-14H2,1H3. The SMILES string of the molecule is CCCNC1(Cc2ccccc2)CCCCC1. The van der Waals surface area contributed by atoms with Crippen LogP contribution in [-0.4, -0.2) is 12.1 Å². The molecule has 0 unspecified atom stereocenters. The second-order valence-corrected chi connectivity index (χ2v) is 5.43. The van der Waals surface area contributed by atoms with Gasteiger partial charge in [0.05, 0.1) is 0 Å². The summed E-state index contributed by atoms with van der Waals surface area (Å²) in [4.78, 5) is 0. The summed E-state index contributed by atoms with van der Waals surface area (Å²) in [6.07, 6.45) is 9.34. The van der Waals surface area contributed by atoms with Crippen molar-refractivity contribution < 1.29 is 0 Å². The molecule has 94 valence electrons. The molecule has 0 saturated heterocycles. The zero-order chi connectivity index (χ0) is 12.0. The zero-order valence-corrected chi connectivity index (χ0v) is 11.0. The van der Waals surface area contributed by atoms with Crippen LogP contribution in [0.15, 0.2) is 30.3 Å². The predicted octanol–water partition coefficient (Wildman–Crippen LogP) is 3.93. The van der Waals surface area contributed by atoms with Gasteiger partial charge in [-0.25, -0.2) is 0 Å². The Morgan fingerprint density at radius 3 is 2.41 bits per heavy atom. The third kappa shape index (κ3) is 3.57. The molecule has 1 heteroatoms. The Bertz CT molecular complexity index is 312. The Kier molecular flexibility index (Phi) is 4.61. The van der Waals surface area contributed by atoms with Crippen LogP contribution in [0.2, 0.25) is 0 Å². The highest BCUT2D eigenvalue weighted by atomic mass is 15.0. The molecule has 0 bridgehead atoms. The van der Waals surface area contributed by atoms with Gasteiger partial charge < -0.3 is 5.32 Å². The minimum Gasteiger partial charge on any atom is -0.311 e. The quantitative estimate of drug-likeness (QED) is 0.809. The molecule has 1 aromatic rings. The van der Waals surface area contributed by atoms with Crippen LogP contribution in [0.4, 0.5) is 0 Å². The van der Waals surface area contributed by atoms with E-state index in [1.807, 2.05) is 0 Å². The molecule has 0 radical (unpaired) electrons. The lowest BCUT2D eigenvalue weighted by Crippen LogP contribution is -2.48. The van der Waals surface area contributed by atoms with Crippen molar-refractivity contribution in [2.75, 3.05) is 6.54 Å². The van der Waals surface area contributed by atoms with Gasteiger partial charge in [-0.3, -0.25) is 0 Å². The summed E-state index contributed by atoms with van der Waals surface area (Å²) in [6.45, 7) is 3.42. The van der Waals surface area contributed by atoms with E-state index in [4.69, 9.17) is 0 Å². The summed E-state index contributed by atoms with van der Waals surface area (Å²) in [6, 6.07) is 11.0. The molecule has 1 aliphatic carbocycles. The Balaban J connectivity index is 2.04. The average molecular weight is 231 g/mol. The minimum absolute atomic E-state index is 0.385. The molecule has 17 heavy (non-hydrogen) atoms. The van der Waals surface area contributed by atoms with Crippen molar-refractivity contribution in [2.24, 2.45) is 0 Å². The molecule has 2 rings (SSSR count). The summed E-state index contributed by atoms with van der Waals surface area (Å²) in [5.41, 5.74) is 1.87. The van der Waals surface area contributed by atoms with E-state index in [1.54, 1.807) is 0 Å². The summed E-state index contributed by atoms with van der Waals surface area (Å²) in [5, 5.41) is 3.83. The highest BCUT2D eigenvalue weighted by molar-refractivity contribution is 5.18. The largest absolute Gasteiger partial charge is 0.311 e. The van der Waals surface area contributed by atoms with Gasteiger partial charge in [0.25, 0.3) is 0 Å². The lowest BCUT2D eigenvalue weighted by Gasteiger charge is -2.38. The fourth-order valence-corrected chi connectivity index (χ4v) is 3.02. The van der Waals surface area contributed by atoms with Crippen molar-refractivity contribution in [2.45, 2.75) is 57.4 Å². The van der Waals surface area contributed by atoms with Gasteiger partial charge in [0.1, 0.15) is 0 Å². The molecule has 1 aliphatic rings. The Morgan fingerprint density at radius 2 is 1.76 bits per heavy atom. The fraction of sp³-hybridized carbons (Fsp3) is 0.625. The van der Waals surface area contributed by atoms with Gasteiger partial charge >= 0.3 is 0 Å². The second-order valence-electron chi connectivity index (χ2n) is 5.43. The maximum atomic E-state index is 3.83. The number of benzene rings is 1. The lowest BCUT2D eigenvalue weighted by atomic mass is 9.77. The average Bonchev–Trinajstić information content (AvgIpc) is 2.39. The van der Waals surface area contributed by atoms with Gasteiger partial charge in [0.15, 0.2) is 0 Å². The van der Waals surface area contributed by atoms with Crippen LogP contribution >= 0.6 is 0 Å². The molecule has 0 atom stereocenters. The van der Waals surface area contributed by atoms with Crippen molar-refractivity contribution in [3.05, 3.63) is 35.9 Å². The molecule has 1 aromatic carbocycles. The minimum atomic E-state index is 0.385. The summed E-state index contributed by atoms with van der Waals surface area (Å²) >= 11 is 0. The van der Waals surface area contributed by atoms with E-state index in [9.17, 15) is 0 Å². The van der Waals surface area contributed by atoms with Crippen LogP contribution in [0, 0.1) is 0 Å². The molecular formula is C16H25N. The third-order valence-electron chi connectivity index (χ3n) is 3.95. The molecular weight excluding hydrogens is 206 g/mol. The molecule has 0 heterocycles. The number of rotatable bonds is 5. The third-order valence-corrected chi connectivity index (χ3v) is 3.95. The smallest absolute Gasteiger partial charge is 0.0221 e. The van der Waals surface area contributed by atoms with Gasteiger partial charge in [-0.2, -0.15) is 0 Å². The number of nitrogens with one attached hydrogen (secondary N) is 1. The van der Waals surface area contributed by atoms with Gasteiger partial charge in [-0.15, -0.1) is 0 Å². The maximum absolute atomic E-state index is 3.83. The van der Waals surface area contributed by atoms with Crippen LogP contribution in [0.5, 0.6) is 0 Å². The zero-order valence-electron chi connectivity index (χ0n) is 11.0.